The van der Waals surface area contributed by atoms with Gasteiger partial charge in [0.25, 0.3) is 0 Å². The van der Waals surface area contributed by atoms with E-state index < -0.39 is 11.7 Å². The molecule has 0 spiro atoms. The smallest absolute Gasteiger partial charge is 0.356 e. The van der Waals surface area contributed by atoms with E-state index in [1.807, 2.05) is 0 Å². The number of rotatable bonds is 4. The number of carbonyl (C=O) groups excluding carboxylic acids is 1. The average Bonchev–Trinajstić information content (AvgIpc) is 2.47. The van der Waals surface area contributed by atoms with E-state index in [2.05, 4.69) is 10.6 Å². The molecular formula is C18H17F3N2O. The molecule has 3 nitrogen and oxygen atoms in total. The van der Waals surface area contributed by atoms with Crippen molar-refractivity contribution in [3.63, 3.8) is 0 Å². The molecule has 1 saturated carbocycles. The fraction of sp³-hybridized carbons (Fsp3) is 0.278. The molecule has 1 aliphatic carbocycles. The van der Waals surface area contributed by atoms with Gasteiger partial charge in [-0.3, -0.25) is 4.79 Å². The summed E-state index contributed by atoms with van der Waals surface area (Å²) >= 11 is 0. The lowest BCUT2D eigenvalue weighted by Gasteiger charge is -2.24. The van der Waals surface area contributed by atoms with Gasteiger partial charge >= 0.3 is 6.18 Å². The van der Waals surface area contributed by atoms with Gasteiger partial charge in [-0.05, 0) is 55.3 Å². The van der Waals surface area contributed by atoms with Gasteiger partial charge in [-0.15, -0.1) is 0 Å². The molecule has 6 heteroatoms. The van der Waals surface area contributed by atoms with Gasteiger partial charge in [0.1, 0.15) is 0 Å². The highest BCUT2D eigenvalue weighted by atomic mass is 19.4. The molecule has 0 unspecified atom stereocenters. The van der Waals surface area contributed by atoms with E-state index in [0.29, 0.717) is 17.1 Å². The first-order chi connectivity index (χ1) is 11.4. The summed E-state index contributed by atoms with van der Waals surface area (Å²) in [5.41, 5.74) is 0.991. The van der Waals surface area contributed by atoms with Crippen LogP contribution in [0, 0.1) is 5.92 Å². The molecule has 2 aromatic rings. The zero-order valence-electron chi connectivity index (χ0n) is 12.9. The molecule has 1 amide bonds. The number of alkyl halides is 3. The number of benzene rings is 2. The number of hydrogen-bond donors (Lipinski definition) is 2. The third-order valence-corrected chi connectivity index (χ3v) is 4.11. The Morgan fingerprint density at radius 3 is 2.21 bits per heavy atom. The molecule has 0 heterocycles. The maximum Gasteiger partial charge on any atom is 0.416 e. The van der Waals surface area contributed by atoms with Crippen LogP contribution in [-0.4, -0.2) is 5.91 Å². The Balaban J connectivity index is 1.65. The molecule has 24 heavy (non-hydrogen) atoms. The van der Waals surface area contributed by atoms with Crippen molar-refractivity contribution >= 4 is 23.0 Å². The highest BCUT2D eigenvalue weighted by molar-refractivity contribution is 5.93. The topological polar surface area (TPSA) is 41.1 Å². The maximum absolute atomic E-state index is 12.7. The summed E-state index contributed by atoms with van der Waals surface area (Å²) in [5, 5.41) is 5.78. The Kier molecular flexibility index (Phi) is 4.46. The summed E-state index contributed by atoms with van der Waals surface area (Å²) in [4.78, 5) is 11.9. The van der Waals surface area contributed by atoms with E-state index in [9.17, 15) is 18.0 Å². The summed E-state index contributed by atoms with van der Waals surface area (Å²) < 4.78 is 38.1. The van der Waals surface area contributed by atoms with E-state index in [4.69, 9.17) is 0 Å². The highest BCUT2D eigenvalue weighted by Gasteiger charge is 2.30. The molecule has 2 N–H and O–H groups in total. The maximum atomic E-state index is 12.7. The number of carbonyl (C=O) groups is 1. The van der Waals surface area contributed by atoms with Crippen LogP contribution in [0.4, 0.5) is 30.2 Å². The fourth-order valence-corrected chi connectivity index (χ4v) is 2.49. The highest BCUT2D eigenvalue weighted by Crippen LogP contribution is 2.32. The van der Waals surface area contributed by atoms with Gasteiger partial charge in [0.2, 0.25) is 5.91 Å². The number of halogens is 3. The third kappa shape index (κ3) is 3.88. The molecular weight excluding hydrogens is 317 g/mol. The second-order valence-electron chi connectivity index (χ2n) is 5.90. The second kappa shape index (κ2) is 6.55. The van der Waals surface area contributed by atoms with E-state index in [1.54, 1.807) is 30.3 Å². The van der Waals surface area contributed by atoms with Gasteiger partial charge < -0.3 is 10.6 Å². The van der Waals surface area contributed by atoms with Crippen molar-refractivity contribution in [2.75, 3.05) is 10.6 Å². The van der Waals surface area contributed by atoms with Crippen LogP contribution in [0.3, 0.4) is 0 Å². The molecule has 1 fully saturated rings. The summed E-state index contributed by atoms with van der Waals surface area (Å²) in [6.45, 7) is 0. The summed E-state index contributed by atoms with van der Waals surface area (Å²) in [6.07, 6.45) is -1.41. The number of nitrogens with one attached hydrogen (secondary N) is 2. The molecule has 2 aromatic carbocycles. The minimum absolute atomic E-state index is 0.0276. The van der Waals surface area contributed by atoms with Gasteiger partial charge in [0.05, 0.1) is 5.56 Å². The quantitative estimate of drug-likeness (QED) is 0.808. The van der Waals surface area contributed by atoms with Crippen LogP contribution in [0.5, 0.6) is 0 Å². The molecule has 0 aliphatic heterocycles. The minimum atomic E-state index is -4.37. The van der Waals surface area contributed by atoms with Crippen molar-refractivity contribution < 1.29 is 18.0 Å². The third-order valence-electron chi connectivity index (χ3n) is 4.11. The van der Waals surface area contributed by atoms with Crippen LogP contribution in [0.1, 0.15) is 24.8 Å². The van der Waals surface area contributed by atoms with Crippen molar-refractivity contribution in [3.05, 3.63) is 54.1 Å². The minimum Gasteiger partial charge on any atom is -0.356 e. The number of anilines is 3. The van der Waals surface area contributed by atoms with Crippen molar-refractivity contribution in [1.29, 1.82) is 0 Å². The van der Waals surface area contributed by atoms with Crippen LogP contribution in [-0.2, 0) is 11.0 Å². The molecule has 126 valence electrons. The molecule has 1 aliphatic rings. The molecule has 0 aromatic heterocycles. The predicted octanol–water partition coefficient (Wildman–Crippen LogP) is 5.19. The predicted molar refractivity (Wildman–Crippen MR) is 87.1 cm³/mol. The van der Waals surface area contributed by atoms with Crippen molar-refractivity contribution in [2.45, 2.75) is 25.4 Å². The Bertz CT molecular complexity index is 722. The van der Waals surface area contributed by atoms with Gasteiger partial charge in [-0.25, -0.2) is 0 Å². The Morgan fingerprint density at radius 2 is 1.62 bits per heavy atom. The lowest BCUT2D eigenvalue weighted by atomic mass is 9.85. The first kappa shape index (κ1) is 16.4. The monoisotopic (exact) mass is 334 g/mol. The van der Waals surface area contributed by atoms with Crippen LogP contribution in [0.2, 0.25) is 0 Å². The van der Waals surface area contributed by atoms with Crippen molar-refractivity contribution in [1.82, 2.24) is 0 Å². The van der Waals surface area contributed by atoms with Gasteiger partial charge in [-0.1, -0.05) is 12.5 Å². The first-order valence-corrected chi connectivity index (χ1v) is 7.77. The zero-order chi connectivity index (χ0) is 17.2. The first-order valence-electron chi connectivity index (χ1n) is 7.77. The lowest BCUT2D eigenvalue weighted by molar-refractivity contribution is -0.137. The normalized spacial score (nSPS) is 14.8. The zero-order valence-corrected chi connectivity index (χ0v) is 12.9. The van der Waals surface area contributed by atoms with Crippen LogP contribution >= 0.6 is 0 Å². The van der Waals surface area contributed by atoms with Gasteiger partial charge in [0, 0.05) is 23.0 Å². The van der Waals surface area contributed by atoms with Crippen LogP contribution in [0.15, 0.2) is 48.5 Å². The van der Waals surface area contributed by atoms with E-state index in [0.717, 1.165) is 31.4 Å². The van der Waals surface area contributed by atoms with Gasteiger partial charge in [0.15, 0.2) is 0 Å². The van der Waals surface area contributed by atoms with Gasteiger partial charge in [-0.2, -0.15) is 13.2 Å². The van der Waals surface area contributed by atoms with Crippen LogP contribution in [0.25, 0.3) is 0 Å². The number of hydrogen-bond acceptors (Lipinski definition) is 2. The molecule has 0 saturated heterocycles. The molecule has 3 rings (SSSR count). The number of amides is 1. The van der Waals surface area contributed by atoms with Crippen molar-refractivity contribution in [2.24, 2.45) is 5.92 Å². The Labute approximate surface area is 137 Å². The van der Waals surface area contributed by atoms with E-state index >= 15 is 0 Å². The lowest BCUT2D eigenvalue weighted by Crippen LogP contribution is -2.27. The van der Waals surface area contributed by atoms with Crippen LogP contribution < -0.4 is 10.6 Å². The fourth-order valence-electron chi connectivity index (χ4n) is 2.49. The summed E-state index contributed by atoms with van der Waals surface area (Å²) in [6, 6.07) is 11.9. The van der Waals surface area contributed by atoms with E-state index in [1.165, 1.54) is 6.07 Å². The Morgan fingerprint density at radius 1 is 0.958 bits per heavy atom. The average molecular weight is 334 g/mol. The molecule has 0 atom stereocenters. The largest absolute Gasteiger partial charge is 0.416 e. The summed E-state index contributed by atoms with van der Waals surface area (Å²) in [5.74, 6) is 0.132. The molecule has 0 bridgehead atoms. The molecule has 0 radical (unpaired) electrons. The van der Waals surface area contributed by atoms with E-state index in [-0.39, 0.29) is 11.8 Å². The Hall–Kier alpha value is -2.50. The van der Waals surface area contributed by atoms with Crippen molar-refractivity contribution in [3.8, 4) is 0 Å². The standard InChI is InChI=1S/C18H17F3N2O/c19-18(20,21)13-5-2-6-16(11-13)22-14-7-9-15(10-8-14)23-17(24)12-3-1-4-12/h2,5-12,22H,1,3-4H2,(H,23,24). The SMILES string of the molecule is O=C(Nc1ccc(Nc2cccc(C(F)(F)F)c2)cc1)C1CCC1. The summed E-state index contributed by atoms with van der Waals surface area (Å²) in [7, 11) is 0. The second-order valence-corrected chi connectivity index (χ2v) is 5.90.